The zero-order valence-electron chi connectivity index (χ0n) is 13.3. The number of carbonyl (C=O) groups excluding carboxylic acids is 1. The third-order valence-corrected chi connectivity index (χ3v) is 4.98. The maximum absolute atomic E-state index is 12.2. The molecule has 0 saturated carbocycles. The Kier molecular flexibility index (Phi) is 5.73. The van der Waals surface area contributed by atoms with E-state index in [1.54, 1.807) is 0 Å². The first-order valence-corrected chi connectivity index (χ1v) is 8.70. The molecule has 124 valence electrons. The summed E-state index contributed by atoms with van der Waals surface area (Å²) >= 11 is 0. The highest BCUT2D eigenvalue weighted by molar-refractivity contribution is 5.74. The minimum atomic E-state index is 0.0912. The van der Waals surface area contributed by atoms with Crippen molar-refractivity contribution in [3.8, 4) is 0 Å². The second-order valence-electron chi connectivity index (χ2n) is 6.66. The van der Waals surface area contributed by atoms with Gasteiger partial charge in [0.25, 0.3) is 0 Å². The Balaban J connectivity index is 1.24. The number of hydrogen-bond donors (Lipinski definition) is 1. The second-order valence-corrected chi connectivity index (χ2v) is 6.66. The number of amides is 2. The molecule has 0 radical (unpaired) electrons. The van der Waals surface area contributed by atoms with Crippen LogP contribution in [0, 0.1) is 11.8 Å². The molecule has 3 aliphatic rings. The van der Waals surface area contributed by atoms with Gasteiger partial charge in [-0.05, 0) is 43.9 Å². The number of fused-ring (bicyclic) bond motifs is 1. The fourth-order valence-corrected chi connectivity index (χ4v) is 3.65. The van der Waals surface area contributed by atoms with Crippen molar-refractivity contribution in [1.82, 2.24) is 10.2 Å². The lowest BCUT2D eigenvalue weighted by molar-refractivity contribution is 0.0167. The maximum atomic E-state index is 12.2. The van der Waals surface area contributed by atoms with Gasteiger partial charge in [0, 0.05) is 32.8 Å². The first kappa shape index (κ1) is 15.8. The molecular weight excluding hydrogens is 280 g/mol. The van der Waals surface area contributed by atoms with Crippen LogP contribution in [0.3, 0.4) is 0 Å². The molecular formula is C17H28N2O3. The van der Waals surface area contributed by atoms with Crippen molar-refractivity contribution < 1.29 is 14.3 Å². The van der Waals surface area contributed by atoms with Crippen molar-refractivity contribution in [2.45, 2.75) is 38.2 Å². The molecule has 0 spiro atoms. The molecule has 5 heteroatoms. The monoisotopic (exact) mass is 308 g/mol. The molecule has 0 aromatic rings. The Morgan fingerprint density at radius 1 is 1.27 bits per heavy atom. The lowest BCUT2D eigenvalue weighted by Crippen LogP contribution is -2.39. The van der Waals surface area contributed by atoms with Crippen molar-refractivity contribution in [2.24, 2.45) is 11.8 Å². The van der Waals surface area contributed by atoms with E-state index in [-0.39, 0.29) is 12.1 Å². The molecule has 22 heavy (non-hydrogen) atoms. The Morgan fingerprint density at radius 3 is 2.73 bits per heavy atom. The highest BCUT2D eigenvalue weighted by Gasteiger charge is 2.34. The number of nitrogens with one attached hydrogen (secondary N) is 1. The molecule has 3 atom stereocenters. The van der Waals surface area contributed by atoms with Crippen molar-refractivity contribution in [3.05, 3.63) is 12.2 Å². The molecule has 0 aromatic heterocycles. The fraction of sp³-hybridized carbons (Fsp3) is 0.824. The van der Waals surface area contributed by atoms with Gasteiger partial charge in [0.05, 0.1) is 12.7 Å². The van der Waals surface area contributed by atoms with Gasteiger partial charge in [-0.1, -0.05) is 12.2 Å². The Labute approximate surface area is 133 Å². The van der Waals surface area contributed by atoms with Crippen LogP contribution in [0.5, 0.6) is 0 Å². The van der Waals surface area contributed by atoms with Crippen molar-refractivity contribution >= 4 is 6.03 Å². The molecule has 2 aliphatic heterocycles. The van der Waals surface area contributed by atoms with Crippen LogP contribution in [0.25, 0.3) is 0 Å². The highest BCUT2D eigenvalue weighted by atomic mass is 16.5. The third-order valence-electron chi connectivity index (χ3n) is 4.98. The number of urea groups is 1. The Hall–Kier alpha value is -1.07. The van der Waals surface area contributed by atoms with E-state index >= 15 is 0 Å². The van der Waals surface area contributed by atoms with E-state index in [1.807, 2.05) is 4.90 Å². The first-order chi connectivity index (χ1) is 10.8. The van der Waals surface area contributed by atoms with Crippen LogP contribution in [-0.2, 0) is 9.47 Å². The molecule has 1 N–H and O–H groups in total. The lowest BCUT2D eigenvalue weighted by Gasteiger charge is -2.17. The van der Waals surface area contributed by atoms with Gasteiger partial charge < -0.3 is 19.7 Å². The molecule has 2 heterocycles. The van der Waals surface area contributed by atoms with Gasteiger partial charge in [0.15, 0.2) is 0 Å². The van der Waals surface area contributed by atoms with Crippen molar-refractivity contribution in [2.75, 3.05) is 39.5 Å². The van der Waals surface area contributed by atoms with Gasteiger partial charge >= 0.3 is 6.03 Å². The summed E-state index contributed by atoms with van der Waals surface area (Å²) in [6, 6.07) is 0.0912. The summed E-state index contributed by atoms with van der Waals surface area (Å²) in [4.78, 5) is 14.1. The molecule has 2 amide bonds. The fourth-order valence-electron chi connectivity index (χ4n) is 3.65. The van der Waals surface area contributed by atoms with E-state index in [1.165, 1.54) is 0 Å². The maximum Gasteiger partial charge on any atom is 0.317 e. The summed E-state index contributed by atoms with van der Waals surface area (Å²) in [5, 5.41) is 3.02. The SMILES string of the molecule is O=C(NCCCOC[C@@H]1CCCO1)N1C[C@H]2CC=CC[C@H]2C1. The number of rotatable bonds is 6. The van der Waals surface area contributed by atoms with E-state index in [0.29, 0.717) is 31.6 Å². The molecule has 5 nitrogen and oxygen atoms in total. The molecule has 3 rings (SSSR count). The minimum Gasteiger partial charge on any atom is -0.379 e. The number of likely N-dealkylation sites (tertiary alicyclic amines) is 1. The van der Waals surface area contributed by atoms with E-state index in [4.69, 9.17) is 9.47 Å². The summed E-state index contributed by atoms with van der Waals surface area (Å²) in [5.41, 5.74) is 0. The summed E-state index contributed by atoms with van der Waals surface area (Å²) in [6.07, 6.45) is 10.2. The van der Waals surface area contributed by atoms with Gasteiger partial charge in [0.1, 0.15) is 0 Å². The lowest BCUT2D eigenvalue weighted by atomic mass is 9.86. The highest BCUT2D eigenvalue weighted by Crippen LogP contribution is 2.32. The van der Waals surface area contributed by atoms with Gasteiger partial charge in [-0.2, -0.15) is 0 Å². The smallest absolute Gasteiger partial charge is 0.317 e. The van der Waals surface area contributed by atoms with Crippen LogP contribution >= 0.6 is 0 Å². The van der Waals surface area contributed by atoms with Crippen molar-refractivity contribution in [1.29, 1.82) is 0 Å². The van der Waals surface area contributed by atoms with E-state index in [0.717, 1.165) is 51.8 Å². The average molecular weight is 308 g/mol. The number of carbonyl (C=O) groups is 1. The third kappa shape index (κ3) is 4.23. The van der Waals surface area contributed by atoms with Crippen LogP contribution in [0.2, 0.25) is 0 Å². The largest absolute Gasteiger partial charge is 0.379 e. The topological polar surface area (TPSA) is 50.8 Å². The normalized spacial score (nSPS) is 30.5. The number of nitrogens with zero attached hydrogens (tertiary/aromatic N) is 1. The van der Waals surface area contributed by atoms with Crippen LogP contribution in [0.15, 0.2) is 12.2 Å². The number of ether oxygens (including phenoxy) is 2. The predicted octanol–water partition coefficient (Wildman–Crippen LogP) is 2.18. The quantitative estimate of drug-likeness (QED) is 0.604. The zero-order valence-corrected chi connectivity index (χ0v) is 13.3. The zero-order chi connectivity index (χ0) is 15.2. The molecule has 0 aromatic carbocycles. The molecule has 0 bridgehead atoms. The van der Waals surface area contributed by atoms with Crippen LogP contribution in [0.1, 0.15) is 32.1 Å². The predicted molar refractivity (Wildman–Crippen MR) is 84.7 cm³/mol. The van der Waals surface area contributed by atoms with Crippen LogP contribution < -0.4 is 5.32 Å². The Morgan fingerprint density at radius 2 is 2.05 bits per heavy atom. The van der Waals surface area contributed by atoms with Gasteiger partial charge in [0.2, 0.25) is 0 Å². The summed E-state index contributed by atoms with van der Waals surface area (Å²) in [7, 11) is 0. The van der Waals surface area contributed by atoms with E-state index in [2.05, 4.69) is 17.5 Å². The summed E-state index contributed by atoms with van der Waals surface area (Å²) in [6.45, 7) is 4.77. The average Bonchev–Trinajstić information content (AvgIpc) is 3.19. The molecule has 2 saturated heterocycles. The van der Waals surface area contributed by atoms with Crippen molar-refractivity contribution in [3.63, 3.8) is 0 Å². The standard InChI is InChI=1S/C17H28N2O3/c20-17(19-11-14-5-1-2-6-15(14)12-19)18-8-4-9-21-13-16-7-3-10-22-16/h1-2,14-16H,3-13H2,(H,18,20)/t14-,15+,16-/m0/s1. The van der Waals surface area contributed by atoms with Gasteiger partial charge in [-0.3, -0.25) is 0 Å². The van der Waals surface area contributed by atoms with Gasteiger partial charge in [-0.25, -0.2) is 4.79 Å². The molecule has 0 unspecified atom stereocenters. The van der Waals surface area contributed by atoms with Crippen LogP contribution in [-0.4, -0.2) is 56.5 Å². The summed E-state index contributed by atoms with van der Waals surface area (Å²) < 4.78 is 11.1. The van der Waals surface area contributed by atoms with Crippen LogP contribution in [0.4, 0.5) is 4.79 Å². The second kappa shape index (κ2) is 7.97. The summed E-state index contributed by atoms with van der Waals surface area (Å²) in [5.74, 6) is 1.34. The Bertz CT molecular complexity index is 377. The molecule has 1 aliphatic carbocycles. The number of hydrogen-bond acceptors (Lipinski definition) is 3. The van der Waals surface area contributed by atoms with Gasteiger partial charge in [-0.15, -0.1) is 0 Å². The van der Waals surface area contributed by atoms with E-state index < -0.39 is 0 Å². The van der Waals surface area contributed by atoms with E-state index in [9.17, 15) is 4.79 Å². The first-order valence-electron chi connectivity index (χ1n) is 8.70. The molecule has 2 fully saturated rings. The number of allylic oxidation sites excluding steroid dienone is 2. The minimum absolute atomic E-state index is 0.0912.